The average Bonchev–Trinajstić information content (AvgIpc) is 2.53. The summed E-state index contributed by atoms with van der Waals surface area (Å²) in [6.45, 7) is 4.26. The lowest BCUT2D eigenvalue weighted by Crippen LogP contribution is -2.29. The van der Waals surface area contributed by atoms with Crippen molar-refractivity contribution >= 4 is 5.91 Å². The molecular formula is C15H22N2O2. The number of nitrogens with one attached hydrogen (secondary N) is 1. The van der Waals surface area contributed by atoms with Crippen molar-refractivity contribution < 1.29 is 4.79 Å². The number of hydrogen-bond donors (Lipinski definition) is 2. The van der Waals surface area contributed by atoms with Crippen LogP contribution in [-0.4, -0.2) is 10.9 Å². The molecule has 19 heavy (non-hydrogen) atoms. The fraction of sp³-hybridized carbons (Fsp3) is 0.600. The van der Waals surface area contributed by atoms with Crippen LogP contribution in [-0.2, 0) is 19.3 Å². The molecule has 0 bridgehead atoms. The van der Waals surface area contributed by atoms with Gasteiger partial charge >= 0.3 is 0 Å². The van der Waals surface area contributed by atoms with Crippen LogP contribution in [0.5, 0.6) is 0 Å². The predicted octanol–water partition coefficient (Wildman–Crippen LogP) is 1.94. The van der Waals surface area contributed by atoms with Crippen molar-refractivity contribution in [3.8, 4) is 0 Å². The number of H-pyrrole nitrogens is 1. The molecule has 1 aromatic rings. The van der Waals surface area contributed by atoms with Gasteiger partial charge < -0.3 is 10.7 Å². The van der Waals surface area contributed by atoms with Crippen molar-refractivity contribution in [3.63, 3.8) is 0 Å². The molecule has 104 valence electrons. The Hall–Kier alpha value is -1.58. The summed E-state index contributed by atoms with van der Waals surface area (Å²) < 4.78 is 0. The van der Waals surface area contributed by atoms with Crippen LogP contribution in [0.4, 0.5) is 0 Å². The highest BCUT2D eigenvalue weighted by atomic mass is 16.2. The SMILES string of the molecule is CC(C)Cc1[nH]c(=O)c(C(N)=O)c2c1CCCCC2. The van der Waals surface area contributed by atoms with Gasteiger partial charge in [-0.05, 0) is 49.1 Å². The highest BCUT2D eigenvalue weighted by Gasteiger charge is 2.22. The minimum atomic E-state index is -0.601. The van der Waals surface area contributed by atoms with E-state index < -0.39 is 5.91 Å². The zero-order valence-electron chi connectivity index (χ0n) is 11.7. The van der Waals surface area contributed by atoms with Gasteiger partial charge in [-0.15, -0.1) is 0 Å². The van der Waals surface area contributed by atoms with Gasteiger partial charge in [0.25, 0.3) is 11.5 Å². The van der Waals surface area contributed by atoms with Crippen LogP contribution in [0.3, 0.4) is 0 Å². The second kappa shape index (κ2) is 5.59. The Morgan fingerprint density at radius 3 is 2.42 bits per heavy atom. The average molecular weight is 262 g/mol. The number of aromatic nitrogens is 1. The van der Waals surface area contributed by atoms with Gasteiger partial charge in [0.2, 0.25) is 0 Å². The molecule has 1 aliphatic rings. The quantitative estimate of drug-likeness (QED) is 0.817. The van der Waals surface area contributed by atoms with Crippen LogP contribution in [0.15, 0.2) is 4.79 Å². The van der Waals surface area contributed by atoms with Crippen LogP contribution in [0.1, 0.15) is 60.3 Å². The van der Waals surface area contributed by atoms with Crippen LogP contribution in [0.25, 0.3) is 0 Å². The van der Waals surface area contributed by atoms with Gasteiger partial charge in [-0.3, -0.25) is 9.59 Å². The summed E-state index contributed by atoms with van der Waals surface area (Å²) in [5, 5.41) is 0. The monoisotopic (exact) mass is 262 g/mol. The molecule has 2 rings (SSSR count). The summed E-state index contributed by atoms with van der Waals surface area (Å²) in [6.07, 6.45) is 5.86. The molecule has 0 saturated heterocycles. The Morgan fingerprint density at radius 2 is 1.84 bits per heavy atom. The number of amides is 1. The molecule has 0 spiro atoms. The smallest absolute Gasteiger partial charge is 0.261 e. The summed E-state index contributed by atoms with van der Waals surface area (Å²) in [5.74, 6) is -0.127. The van der Waals surface area contributed by atoms with E-state index in [1.54, 1.807) is 0 Å². The van der Waals surface area contributed by atoms with Gasteiger partial charge in [0.15, 0.2) is 0 Å². The van der Waals surface area contributed by atoms with Crippen LogP contribution < -0.4 is 11.3 Å². The molecule has 1 amide bonds. The lowest BCUT2D eigenvalue weighted by atomic mass is 9.93. The molecule has 0 atom stereocenters. The Labute approximate surface area is 113 Å². The van der Waals surface area contributed by atoms with Crippen LogP contribution in [0.2, 0.25) is 0 Å². The Kier molecular flexibility index (Phi) is 4.08. The highest BCUT2D eigenvalue weighted by molar-refractivity contribution is 5.94. The molecule has 3 N–H and O–H groups in total. The van der Waals surface area contributed by atoms with Crippen molar-refractivity contribution in [1.82, 2.24) is 4.98 Å². The number of carbonyl (C=O) groups is 1. The van der Waals surface area contributed by atoms with Crippen molar-refractivity contribution in [2.24, 2.45) is 11.7 Å². The number of nitrogens with two attached hydrogens (primary N) is 1. The van der Waals surface area contributed by atoms with E-state index in [0.717, 1.165) is 49.8 Å². The maximum Gasteiger partial charge on any atom is 0.261 e. The minimum Gasteiger partial charge on any atom is -0.365 e. The summed E-state index contributed by atoms with van der Waals surface area (Å²) in [7, 11) is 0. The third-order valence-electron chi connectivity index (χ3n) is 3.73. The van der Waals surface area contributed by atoms with Crippen LogP contribution >= 0.6 is 0 Å². The Balaban J connectivity index is 2.63. The first-order valence-electron chi connectivity index (χ1n) is 7.07. The molecule has 0 aromatic carbocycles. The summed E-state index contributed by atoms with van der Waals surface area (Å²) >= 11 is 0. The van der Waals surface area contributed by atoms with Gasteiger partial charge in [-0.1, -0.05) is 20.3 Å². The number of aromatic amines is 1. The Morgan fingerprint density at radius 1 is 1.21 bits per heavy atom. The molecule has 4 heteroatoms. The first kappa shape index (κ1) is 13.8. The van der Waals surface area contributed by atoms with Gasteiger partial charge in [0.1, 0.15) is 5.56 Å². The third kappa shape index (κ3) is 2.88. The zero-order valence-corrected chi connectivity index (χ0v) is 11.7. The first-order chi connectivity index (χ1) is 9.00. The maximum absolute atomic E-state index is 12.1. The van der Waals surface area contributed by atoms with E-state index in [-0.39, 0.29) is 11.1 Å². The summed E-state index contributed by atoms with van der Waals surface area (Å²) in [5.41, 5.74) is 8.33. The lowest BCUT2D eigenvalue weighted by Gasteiger charge is -2.16. The topological polar surface area (TPSA) is 75.9 Å². The van der Waals surface area contributed by atoms with Crippen molar-refractivity contribution in [3.05, 3.63) is 32.7 Å². The standard InChI is InChI=1S/C15H22N2O2/c1-9(2)8-12-10-6-4-3-5-7-11(10)13(14(16)18)15(19)17-12/h9H,3-8H2,1-2H3,(H2,16,18)(H,17,19). The first-order valence-corrected chi connectivity index (χ1v) is 7.07. The third-order valence-corrected chi connectivity index (χ3v) is 3.73. The molecule has 0 fully saturated rings. The van der Waals surface area contributed by atoms with Crippen molar-refractivity contribution in [2.45, 2.75) is 52.4 Å². The summed E-state index contributed by atoms with van der Waals surface area (Å²) in [4.78, 5) is 26.5. The largest absolute Gasteiger partial charge is 0.365 e. The van der Waals surface area contributed by atoms with E-state index in [1.807, 2.05) is 0 Å². The van der Waals surface area contributed by atoms with E-state index in [4.69, 9.17) is 5.73 Å². The lowest BCUT2D eigenvalue weighted by molar-refractivity contribution is 0.0997. The van der Waals surface area contributed by atoms with Gasteiger partial charge in [-0.2, -0.15) is 0 Å². The van der Waals surface area contributed by atoms with Gasteiger partial charge in [0, 0.05) is 5.69 Å². The normalized spacial score (nSPS) is 15.1. The number of hydrogen-bond acceptors (Lipinski definition) is 2. The van der Waals surface area contributed by atoms with Crippen LogP contribution in [0, 0.1) is 5.92 Å². The molecule has 0 aliphatic heterocycles. The van der Waals surface area contributed by atoms with Crippen molar-refractivity contribution in [1.29, 1.82) is 0 Å². The second-order valence-electron chi connectivity index (χ2n) is 5.79. The maximum atomic E-state index is 12.1. The molecule has 1 aliphatic carbocycles. The molecule has 0 radical (unpaired) electrons. The molecule has 0 unspecified atom stereocenters. The molecular weight excluding hydrogens is 240 g/mol. The second-order valence-corrected chi connectivity index (χ2v) is 5.79. The number of primary amides is 1. The van der Waals surface area contributed by atoms with E-state index >= 15 is 0 Å². The predicted molar refractivity (Wildman–Crippen MR) is 75.4 cm³/mol. The highest BCUT2D eigenvalue weighted by Crippen LogP contribution is 2.25. The summed E-state index contributed by atoms with van der Waals surface area (Å²) in [6, 6.07) is 0. The molecule has 1 aromatic heterocycles. The van der Waals surface area contributed by atoms with E-state index in [9.17, 15) is 9.59 Å². The van der Waals surface area contributed by atoms with Gasteiger partial charge in [-0.25, -0.2) is 0 Å². The van der Waals surface area contributed by atoms with E-state index in [1.165, 1.54) is 5.56 Å². The van der Waals surface area contributed by atoms with E-state index in [0.29, 0.717) is 5.92 Å². The van der Waals surface area contributed by atoms with Crippen molar-refractivity contribution in [2.75, 3.05) is 0 Å². The minimum absolute atomic E-state index is 0.185. The number of pyridine rings is 1. The Bertz CT molecular complexity index is 544. The fourth-order valence-electron chi connectivity index (χ4n) is 2.95. The van der Waals surface area contributed by atoms with E-state index in [2.05, 4.69) is 18.8 Å². The number of rotatable bonds is 3. The molecule has 1 heterocycles. The molecule has 0 saturated carbocycles. The van der Waals surface area contributed by atoms with Gasteiger partial charge in [0.05, 0.1) is 0 Å². The number of carbonyl (C=O) groups excluding carboxylic acids is 1. The number of fused-ring (bicyclic) bond motifs is 1. The zero-order chi connectivity index (χ0) is 14.0. The molecule has 4 nitrogen and oxygen atoms in total. The fourth-order valence-corrected chi connectivity index (χ4v) is 2.95.